The molecule has 0 saturated carbocycles. The van der Waals surface area contributed by atoms with Gasteiger partial charge in [-0.05, 0) is 30.3 Å². The standard InChI is InChI=1S/C21H18ClNO3/c22-18-11-5-6-12-19(18)23(14-16-8-4-7-13-20(16)24)21(25)15-26-17-9-2-1-3-10-17/h1-13,24H,14-15H2. The lowest BCUT2D eigenvalue weighted by Crippen LogP contribution is -2.34. The molecule has 0 heterocycles. The summed E-state index contributed by atoms with van der Waals surface area (Å²) in [6, 6.07) is 23.1. The molecule has 0 aliphatic carbocycles. The lowest BCUT2D eigenvalue weighted by Gasteiger charge is -2.24. The quantitative estimate of drug-likeness (QED) is 0.689. The average Bonchev–Trinajstić information content (AvgIpc) is 2.67. The smallest absolute Gasteiger partial charge is 0.265 e. The van der Waals surface area contributed by atoms with Crippen LogP contribution in [0.15, 0.2) is 78.9 Å². The minimum Gasteiger partial charge on any atom is -0.508 e. The van der Waals surface area contributed by atoms with Crippen LogP contribution < -0.4 is 9.64 Å². The topological polar surface area (TPSA) is 49.8 Å². The van der Waals surface area contributed by atoms with Crippen molar-refractivity contribution in [3.8, 4) is 11.5 Å². The lowest BCUT2D eigenvalue weighted by atomic mass is 10.1. The highest BCUT2D eigenvalue weighted by Gasteiger charge is 2.20. The molecule has 1 N–H and O–H groups in total. The van der Waals surface area contributed by atoms with Gasteiger partial charge in [-0.15, -0.1) is 0 Å². The second kappa shape index (κ2) is 8.41. The fraction of sp³-hybridized carbons (Fsp3) is 0.0952. The van der Waals surface area contributed by atoms with E-state index in [9.17, 15) is 9.90 Å². The molecular weight excluding hydrogens is 350 g/mol. The van der Waals surface area contributed by atoms with Gasteiger partial charge in [0.15, 0.2) is 6.61 Å². The molecular formula is C21H18ClNO3. The molecule has 0 aromatic heterocycles. The number of aromatic hydroxyl groups is 1. The lowest BCUT2D eigenvalue weighted by molar-refractivity contribution is -0.120. The maximum atomic E-state index is 12.8. The zero-order valence-corrected chi connectivity index (χ0v) is 14.8. The van der Waals surface area contributed by atoms with Gasteiger partial charge in [-0.2, -0.15) is 0 Å². The Kier molecular flexibility index (Phi) is 5.77. The molecule has 0 saturated heterocycles. The van der Waals surface area contributed by atoms with Crippen molar-refractivity contribution < 1.29 is 14.6 Å². The number of nitrogens with zero attached hydrogens (tertiary/aromatic N) is 1. The summed E-state index contributed by atoms with van der Waals surface area (Å²) in [6.45, 7) is 0.0518. The number of phenolic OH excluding ortho intramolecular Hbond substituents is 1. The van der Waals surface area contributed by atoms with Crippen LogP contribution in [0.2, 0.25) is 5.02 Å². The first kappa shape index (κ1) is 17.8. The molecule has 0 aliphatic rings. The van der Waals surface area contributed by atoms with Gasteiger partial charge in [-0.3, -0.25) is 4.79 Å². The fourth-order valence-electron chi connectivity index (χ4n) is 2.53. The Morgan fingerprint density at radius 3 is 2.31 bits per heavy atom. The Morgan fingerprint density at radius 1 is 0.923 bits per heavy atom. The minimum absolute atomic E-state index is 0.126. The average molecular weight is 368 g/mol. The number of hydrogen-bond donors (Lipinski definition) is 1. The Morgan fingerprint density at radius 2 is 1.58 bits per heavy atom. The highest BCUT2D eigenvalue weighted by molar-refractivity contribution is 6.33. The van der Waals surface area contributed by atoms with Crippen LogP contribution in [0.1, 0.15) is 5.56 Å². The number of para-hydroxylation sites is 3. The van der Waals surface area contributed by atoms with E-state index in [2.05, 4.69) is 0 Å². The number of benzene rings is 3. The van der Waals surface area contributed by atoms with Crippen molar-refractivity contribution in [2.24, 2.45) is 0 Å². The number of hydrogen-bond acceptors (Lipinski definition) is 3. The predicted molar refractivity (Wildman–Crippen MR) is 103 cm³/mol. The van der Waals surface area contributed by atoms with Crippen LogP contribution in [0.5, 0.6) is 11.5 Å². The number of rotatable bonds is 6. The van der Waals surface area contributed by atoms with Gasteiger partial charge in [0.25, 0.3) is 5.91 Å². The third-order valence-electron chi connectivity index (χ3n) is 3.87. The Balaban J connectivity index is 1.84. The maximum absolute atomic E-state index is 12.8. The summed E-state index contributed by atoms with van der Waals surface area (Å²) in [6.07, 6.45) is 0. The molecule has 1 amide bonds. The van der Waals surface area contributed by atoms with Crippen LogP contribution in [0, 0.1) is 0 Å². The zero-order chi connectivity index (χ0) is 18.4. The molecule has 0 bridgehead atoms. The number of carbonyl (C=O) groups excluding carboxylic acids is 1. The zero-order valence-electron chi connectivity index (χ0n) is 14.0. The van der Waals surface area contributed by atoms with Gasteiger partial charge in [-0.25, -0.2) is 0 Å². The number of ether oxygens (including phenoxy) is 1. The second-order valence-electron chi connectivity index (χ2n) is 5.66. The van der Waals surface area contributed by atoms with E-state index in [0.717, 1.165) is 0 Å². The van der Waals surface area contributed by atoms with E-state index in [1.807, 2.05) is 30.3 Å². The van der Waals surface area contributed by atoms with Crippen LogP contribution in [0.4, 0.5) is 5.69 Å². The third-order valence-corrected chi connectivity index (χ3v) is 4.19. The van der Waals surface area contributed by atoms with Gasteiger partial charge in [-0.1, -0.05) is 60.1 Å². The summed E-state index contributed by atoms with van der Waals surface area (Å²) in [4.78, 5) is 14.4. The summed E-state index contributed by atoms with van der Waals surface area (Å²) in [7, 11) is 0. The largest absolute Gasteiger partial charge is 0.508 e. The van der Waals surface area contributed by atoms with E-state index in [0.29, 0.717) is 22.0 Å². The first-order chi connectivity index (χ1) is 12.6. The predicted octanol–water partition coefficient (Wildman–Crippen LogP) is 4.66. The van der Waals surface area contributed by atoms with E-state index in [4.69, 9.17) is 16.3 Å². The number of carbonyl (C=O) groups is 1. The maximum Gasteiger partial charge on any atom is 0.265 e. The first-order valence-corrected chi connectivity index (χ1v) is 8.52. The van der Waals surface area contributed by atoms with Crippen LogP contribution in [0.25, 0.3) is 0 Å². The van der Waals surface area contributed by atoms with Crippen LogP contribution in [0.3, 0.4) is 0 Å². The van der Waals surface area contributed by atoms with Gasteiger partial charge < -0.3 is 14.7 Å². The van der Waals surface area contributed by atoms with Crippen molar-refractivity contribution in [3.05, 3.63) is 89.4 Å². The van der Waals surface area contributed by atoms with Crippen molar-refractivity contribution in [1.29, 1.82) is 0 Å². The molecule has 3 rings (SSSR count). The van der Waals surface area contributed by atoms with Gasteiger partial charge in [0.05, 0.1) is 17.3 Å². The van der Waals surface area contributed by atoms with E-state index >= 15 is 0 Å². The third kappa shape index (κ3) is 4.35. The molecule has 5 heteroatoms. The SMILES string of the molecule is O=C(COc1ccccc1)N(Cc1ccccc1O)c1ccccc1Cl. The highest BCUT2D eigenvalue weighted by Crippen LogP contribution is 2.28. The molecule has 4 nitrogen and oxygen atoms in total. The molecule has 3 aromatic carbocycles. The Bertz CT molecular complexity index is 883. The summed E-state index contributed by atoms with van der Waals surface area (Å²) >= 11 is 6.29. The summed E-state index contributed by atoms with van der Waals surface area (Å²) in [5.74, 6) is 0.481. The van der Waals surface area contributed by atoms with E-state index in [1.54, 1.807) is 48.5 Å². The van der Waals surface area contributed by atoms with E-state index in [-0.39, 0.29) is 24.8 Å². The molecule has 0 aliphatic heterocycles. The number of halogens is 1. The Labute approximate surface area is 157 Å². The van der Waals surface area contributed by atoms with Crippen molar-refractivity contribution in [2.75, 3.05) is 11.5 Å². The van der Waals surface area contributed by atoms with E-state index in [1.165, 1.54) is 4.90 Å². The van der Waals surface area contributed by atoms with Crippen LogP contribution >= 0.6 is 11.6 Å². The molecule has 0 atom stereocenters. The van der Waals surface area contributed by atoms with Crippen molar-refractivity contribution in [3.63, 3.8) is 0 Å². The minimum atomic E-state index is -0.259. The molecule has 0 unspecified atom stereocenters. The number of amides is 1. The Hall–Kier alpha value is -2.98. The normalized spacial score (nSPS) is 10.3. The molecule has 0 radical (unpaired) electrons. The van der Waals surface area contributed by atoms with Crippen molar-refractivity contribution in [1.82, 2.24) is 0 Å². The molecule has 0 fully saturated rings. The van der Waals surface area contributed by atoms with Crippen LogP contribution in [-0.2, 0) is 11.3 Å². The summed E-state index contributed by atoms with van der Waals surface area (Å²) in [5.41, 5.74) is 1.19. The van der Waals surface area contributed by atoms with Gasteiger partial charge in [0.2, 0.25) is 0 Å². The second-order valence-corrected chi connectivity index (χ2v) is 6.07. The number of anilines is 1. The van der Waals surface area contributed by atoms with Gasteiger partial charge in [0.1, 0.15) is 11.5 Å². The first-order valence-electron chi connectivity index (χ1n) is 8.15. The highest BCUT2D eigenvalue weighted by atomic mass is 35.5. The van der Waals surface area contributed by atoms with Crippen molar-refractivity contribution >= 4 is 23.2 Å². The van der Waals surface area contributed by atoms with E-state index < -0.39 is 0 Å². The molecule has 132 valence electrons. The molecule has 3 aromatic rings. The van der Waals surface area contributed by atoms with Gasteiger partial charge >= 0.3 is 0 Å². The monoisotopic (exact) mass is 367 g/mol. The van der Waals surface area contributed by atoms with Gasteiger partial charge in [0, 0.05) is 5.56 Å². The summed E-state index contributed by atoms with van der Waals surface area (Å²) < 4.78 is 5.58. The molecule has 26 heavy (non-hydrogen) atoms. The summed E-state index contributed by atoms with van der Waals surface area (Å²) in [5, 5.41) is 10.5. The van der Waals surface area contributed by atoms with Crippen molar-refractivity contribution in [2.45, 2.75) is 6.54 Å². The molecule has 0 spiro atoms. The number of phenols is 1. The fourth-order valence-corrected chi connectivity index (χ4v) is 2.77. The van der Waals surface area contributed by atoms with Crippen LogP contribution in [-0.4, -0.2) is 17.6 Å².